The zero-order chi connectivity index (χ0) is 22.7. The zero-order valence-electron chi connectivity index (χ0n) is 18.8. The minimum absolute atomic E-state index is 0.0305. The minimum atomic E-state index is -0.355. The lowest BCUT2D eigenvalue weighted by molar-refractivity contribution is 0.0952. The number of rotatable bonds is 5. The summed E-state index contributed by atoms with van der Waals surface area (Å²) in [7, 11) is 1.59. The molecule has 0 radical (unpaired) electrons. The zero-order valence-corrected chi connectivity index (χ0v) is 18.8. The smallest absolute Gasteiger partial charge is 0.264 e. The number of methoxy groups -OCH3 is 1. The van der Waals surface area contributed by atoms with Gasteiger partial charge in [-0.3, -0.25) is 14.6 Å². The number of ether oxygens (including phenoxy) is 2. The van der Waals surface area contributed by atoms with Gasteiger partial charge >= 0.3 is 0 Å². The van der Waals surface area contributed by atoms with Crippen molar-refractivity contribution in [3.8, 4) is 11.5 Å². The molecule has 2 aromatic heterocycles. The van der Waals surface area contributed by atoms with Crippen LogP contribution in [0.15, 0.2) is 47.5 Å². The van der Waals surface area contributed by atoms with Crippen LogP contribution >= 0.6 is 0 Å². The van der Waals surface area contributed by atoms with Gasteiger partial charge in [0.05, 0.1) is 19.2 Å². The molecular formula is C25H29N3O4. The van der Waals surface area contributed by atoms with E-state index in [9.17, 15) is 9.59 Å². The maximum atomic E-state index is 13.3. The van der Waals surface area contributed by atoms with E-state index >= 15 is 0 Å². The molecular weight excluding hydrogens is 406 g/mol. The van der Waals surface area contributed by atoms with Crippen LogP contribution in [0, 0.1) is 5.41 Å². The molecule has 32 heavy (non-hydrogen) atoms. The molecule has 5 rings (SSSR count). The van der Waals surface area contributed by atoms with Crippen LogP contribution in [0.4, 0.5) is 0 Å². The van der Waals surface area contributed by atoms with Crippen LogP contribution in [0.25, 0.3) is 10.9 Å². The minimum Gasteiger partial charge on any atom is -0.493 e. The third-order valence-electron chi connectivity index (χ3n) is 6.06. The van der Waals surface area contributed by atoms with Gasteiger partial charge in [-0.25, -0.2) is 0 Å². The van der Waals surface area contributed by atoms with Crippen molar-refractivity contribution in [3.63, 3.8) is 0 Å². The van der Waals surface area contributed by atoms with Crippen LogP contribution in [0.2, 0.25) is 0 Å². The summed E-state index contributed by atoms with van der Waals surface area (Å²) in [5.74, 6) is 0.829. The van der Waals surface area contributed by atoms with Crippen LogP contribution in [0.5, 0.6) is 11.5 Å². The maximum absolute atomic E-state index is 13.3. The molecule has 3 aromatic rings. The average Bonchev–Trinajstić information content (AvgIpc) is 3.63. The summed E-state index contributed by atoms with van der Waals surface area (Å²) in [6, 6.07) is 9.18. The van der Waals surface area contributed by atoms with E-state index < -0.39 is 0 Å². The molecule has 1 aromatic carbocycles. The Morgan fingerprint density at radius 2 is 1.97 bits per heavy atom. The van der Waals surface area contributed by atoms with E-state index in [2.05, 4.69) is 10.3 Å². The van der Waals surface area contributed by atoms with Crippen molar-refractivity contribution in [3.05, 3.63) is 64.2 Å². The molecule has 7 heteroatoms. The fraction of sp³-hybridized carbons (Fsp3) is 0.400. The van der Waals surface area contributed by atoms with Gasteiger partial charge in [0.25, 0.3) is 11.5 Å². The second-order valence-corrected chi connectivity index (χ2v) is 8.13. The van der Waals surface area contributed by atoms with Gasteiger partial charge in [0, 0.05) is 36.3 Å². The first kappa shape index (κ1) is 21.9. The summed E-state index contributed by atoms with van der Waals surface area (Å²) in [6.07, 6.45) is 6.15. The Labute approximate surface area is 187 Å². The predicted octanol–water partition coefficient (Wildman–Crippen LogP) is 3.58. The molecule has 1 saturated carbocycles. The maximum Gasteiger partial charge on any atom is 0.264 e. The van der Waals surface area contributed by atoms with Crippen molar-refractivity contribution in [2.24, 2.45) is 5.41 Å². The molecule has 7 nitrogen and oxygen atoms in total. The Morgan fingerprint density at radius 1 is 1.22 bits per heavy atom. The lowest BCUT2D eigenvalue weighted by Gasteiger charge is -2.15. The second kappa shape index (κ2) is 9.02. The first-order valence-corrected chi connectivity index (χ1v) is 11.1. The van der Waals surface area contributed by atoms with Crippen LogP contribution in [0.3, 0.4) is 0 Å². The van der Waals surface area contributed by atoms with Crippen molar-refractivity contribution in [1.82, 2.24) is 14.9 Å². The highest BCUT2D eigenvalue weighted by atomic mass is 16.5. The van der Waals surface area contributed by atoms with Crippen molar-refractivity contribution < 1.29 is 14.3 Å². The Bertz CT molecular complexity index is 1180. The van der Waals surface area contributed by atoms with Crippen LogP contribution in [-0.4, -0.2) is 35.7 Å². The second-order valence-electron chi connectivity index (χ2n) is 8.13. The van der Waals surface area contributed by atoms with Crippen molar-refractivity contribution in [2.45, 2.75) is 39.7 Å². The highest BCUT2D eigenvalue weighted by Gasteiger charge is 2.46. The number of pyridine rings is 2. The van der Waals surface area contributed by atoms with Crippen molar-refractivity contribution in [2.75, 3.05) is 20.3 Å². The monoisotopic (exact) mass is 435 g/mol. The Hall–Kier alpha value is -3.35. The molecule has 168 valence electrons. The first-order valence-electron chi connectivity index (χ1n) is 11.1. The quantitative estimate of drug-likeness (QED) is 0.662. The fourth-order valence-electron chi connectivity index (χ4n) is 4.09. The summed E-state index contributed by atoms with van der Waals surface area (Å²) in [5.41, 5.74) is 1.63. The standard InChI is InChI=1S/C23H23N3O4.C2H6/c1-29-18-3-2-16-12-17(21(27)25-11-6-15-4-9-24-10-5-15)22(28)26-13-23(7-8-23)14-30-20(18)19(16)26;1-2/h2-5,9-10,12H,6-8,11,13-14H2,1H3,(H,25,27);1-2H3. The molecule has 1 aliphatic heterocycles. The van der Waals surface area contributed by atoms with Gasteiger partial charge in [-0.1, -0.05) is 13.8 Å². The number of carbonyl (C=O) groups is 1. The molecule has 0 atom stereocenters. The van der Waals surface area contributed by atoms with E-state index in [-0.39, 0.29) is 22.4 Å². The lowest BCUT2D eigenvalue weighted by atomic mass is 10.1. The van der Waals surface area contributed by atoms with Crippen LogP contribution < -0.4 is 20.3 Å². The molecule has 1 N–H and O–H groups in total. The molecule has 0 bridgehead atoms. The Morgan fingerprint density at radius 3 is 2.66 bits per heavy atom. The molecule has 1 aliphatic carbocycles. The third kappa shape index (κ3) is 4.07. The number of benzene rings is 1. The van der Waals surface area contributed by atoms with Gasteiger partial charge in [-0.2, -0.15) is 0 Å². The van der Waals surface area contributed by atoms with Gasteiger partial charge in [0.1, 0.15) is 5.56 Å². The number of nitrogens with zero attached hydrogens (tertiary/aromatic N) is 2. The topological polar surface area (TPSA) is 82.5 Å². The average molecular weight is 436 g/mol. The highest BCUT2D eigenvalue weighted by Crippen LogP contribution is 2.50. The summed E-state index contributed by atoms with van der Waals surface area (Å²) in [5, 5.41) is 3.68. The largest absolute Gasteiger partial charge is 0.493 e. The molecule has 0 saturated heterocycles. The van der Waals surface area contributed by atoms with E-state index in [0.717, 1.165) is 23.8 Å². The summed E-state index contributed by atoms with van der Waals surface area (Å²) >= 11 is 0. The van der Waals surface area contributed by atoms with Gasteiger partial charge < -0.3 is 19.4 Å². The van der Waals surface area contributed by atoms with Gasteiger partial charge in [-0.15, -0.1) is 0 Å². The van der Waals surface area contributed by atoms with E-state index in [1.807, 2.05) is 38.1 Å². The van der Waals surface area contributed by atoms with E-state index in [1.54, 1.807) is 30.1 Å². The molecule has 2 aliphatic rings. The van der Waals surface area contributed by atoms with E-state index in [1.165, 1.54) is 0 Å². The summed E-state index contributed by atoms with van der Waals surface area (Å²) in [4.78, 5) is 30.2. The van der Waals surface area contributed by atoms with Gasteiger partial charge in [0.15, 0.2) is 11.5 Å². The molecule has 0 unspecified atom stereocenters. The normalized spacial score (nSPS) is 15.2. The van der Waals surface area contributed by atoms with Gasteiger partial charge in [0.2, 0.25) is 0 Å². The highest BCUT2D eigenvalue weighted by molar-refractivity contribution is 5.99. The van der Waals surface area contributed by atoms with Crippen molar-refractivity contribution in [1.29, 1.82) is 0 Å². The number of aromatic nitrogens is 2. The number of amides is 1. The SMILES string of the molecule is CC.COc1ccc2cc(C(=O)NCCc3ccncc3)c(=O)n3c2c1OCC1(CC1)C3. The molecule has 1 fully saturated rings. The first-order chi connectivity index (χ1) is 15.6. The Balaban J connectivity index is 0.00000119. The number of carbonyl (C=O) groups excluding carboxylic acids is 1. The number of nitrogens with one attached hydrogen (secondary N) is 1. The number of hydrogen-bond donors (Lipinski definition) is 1. The number of hydrogen-bond acceptors (Lipinski definition) is 5. The molecule has 1 amide bonds. The van der Waals surface area contributed by atoms with Crippen LogP contribution in [0.1, 0.15) is 42.6 Å². The predicted molar refractivity (Wildman–Crippen MR) is 124 cm³/mol. The van der Waals surface area contributed by atoms with E-state index in [0.29, 0.717) is 43.1 Å². The van der Waals surface area contributed by atoms with E-state index in [4.69, 9.17) is 9.47 Å². The molecule has 3 heterocycles. The third-order valence-corrected chi connectivity index (χ3v) is 6.06. The lowest BCUT2D eigenvalue weighted by Crippen LogP contribution is -2.35. The van der Waals surface area contributed by atoms with Crippen molar-refractivity contribution >= 4 is 16.8 Å². The Kier molecular flexibility index (Phi) is 6.17. The fourth-order valence-corrected chi connectivity index (χ4v) is 4.09. The van der Waals surface area contributed by atoms with Gasteiger partial charge in [-0.05, 0) is 55.2 Å². The summed E-state index contributed by atoms with van der Waals surface area (Å²) < 4.78 is 13.3. The molecule has 1 spiro atoms. The van der Waals surface area contributed by atoms with Crippen LogP contribution in [-0.2, 0) is 13.0 Å². The summed E-state index contributed by atoms with van der Waals surface area (Å²) in [6.45, 7) is 5.55.